The summed E-state index contributed by atoms with van der Waals surface area (Å²) >= 11 is 5.21. The summed E-state index contributed by atoms with van der Waals surface area (Å²) in [5.74, 6) is -0.904. The molecule has 178 valence electrons. The summed E-state index contributed by atoms with van der Waals surface area (Å²) in [5, 5.41) is 2.40. The van der Waals surface area contributed by atoms with E-state index in [0.29, 0.717) is 0 Å². The Kier molecular flexibility index (Phi) is 16.4. The second-order valence-electron chi connectivity index (χ2n) is 7.55. The van der Waals surface area contributed by atoms with Crippen LogP contribution >= 0.6 is 11.8 Å². The molecule has 0 spiro atoms. The Morgan fingerprint density at radius 2 is 1.23 bits per heavy atom. The van der Waals surface area contributed by atoms with E-state index in [0.717, 1.165) is 0 Å². The lowest BCUT2D eigenvalue weighted by atomic mass is 10.2. The van der Waals surface area contributed by atoms with Crippen molar-refractivity contribution in [2.24, 2.45) is 0 Å². The Bertz CT molecular complexity index is 513. The highest BCUT2D eigenvalue weighted by molar-refractivity contribution is 6.14. The number of nitrogens with one attached hydrogen (secondary N) is 2. The van der Waals surface area contributed by atoms with Crippen LogP contribution in [0.1, 0.15) is 48.5 Å². The average molecular weight is 457 g/mol. The summed E-state index contributed by atoms with van der Waals surface area (Å²) < 4.78 is 24.6. The van der Waals surface area contributed by atoms with E-state index in [-0.39, 0.29) is 31.4 Å². The number of hydrogen-bond acceptors (Lipinski definition) is 9. The first-order valence-corrected chi connectivity index (χ1v) is 9.89. The van der Waals surface area contributed by atoms with Gasteiger partial charge in [-0.1, -0.05) is 0 Å². The third-order valence-corrected chi connectivity index (χ3v) is 3.66. The van der Waals surface area contributed by atoms with Crippen LogP contribution in [0.15, 0.2) is 0 Å². The predicted molar refractivity (Wildman–Crippen MR) is 112 cm³/mol. The first-order valence-electron chi connectivity index (χ1n) is 9.51. The first-order chi connectivity index (χ1) is 13.8. The molecule has 2 N–H and O–H groups in total. The molecule has 4 atom stereocenters. The molecule has 30 heavy (non-hydrogen) atoms. The van der Waals surface area contributed by atoms with Crippen molar-refractivity contribution >= 4 is 29.8 Å². The largest absolute Gasteiger partial charge is 0.462 e. The molecule has 0 rings (SSSR count). The summed E-state index contributed by atoms with van der Waals surface area (Å²) in [6, 6.07) is -1.25. The molecule has 0 fully saturated rings. The van der Waals surface area contributed by atoms with Gasteiger partial charge in [0.2, 0.25) is 0 Å². The van der Waals surface area contributed by atoms with Gasteiger partial charge in [0.05, 0.1) is 12.2 Å². The van der Waals surface area contributed by atoms with Gasteiger partial charge in [-0.3, -0.25) is 4.79 Å². The monoisotopic (exact) mass is 456 g/mol. The van der Waals surface area contributed by atoms with Crippen molar-refractivity contribution in [1.82, 2.24) is 10.2 Å². The molecular formula is C19H37ClN2O8. The molecule has 0 heterocycles. The van der Waals surface area contributed by atoms with Crippen LogP contribution in [-0.2, 0) is 33.3 Å². The third kappa shape index (κ3) is 17.3. The molecule has 0 aliphatic rings. The molecule has 0 aromatic heterocycles. The van der Waals surface area contributed by atoms with Gasteiger partial charge in [-0.15, -0.1) is 0 Å². The van der Waals surface area contributed by atoms with Crippen LogP contribution in [0.2, 0.25) is 0 Å². The number of rotatable bonds is 10. The molecular weight excluding hydrogens is 420 g/mol. The minimum atomic E-state index is -0.760. The van der Waals surface area contributed by atoms with E-state index in [1.165, 1.54) is 14.0 Å². The van der Waals surface area contributed by atoms with Gasteiger partial charge in [0, 0.05) is 14.2 Å². The number of carbonyl (C=O) groups excluding carboxylic acids is 3. The molecule has 0 aliphatic heterocycles. The number of alkyl carbamates (subject to hydrolysis) is 1. The van der Waals surface area contributed by atoms with Crippen molar-refractivity contribution in [2.75, 3.05) is 27.4 Å². The highest BCUT2D eigenvalue weighted by Gasteiger charge is 2.22. The fraction of sp³-hybridized carbons (Fsp3) is 0.842. The summed E-state index contributed by atoms with van der Waals surface area (Å²) in [5.41, 5.74) is -0.599. The van der Waals surface area contributed by atoms with Crippen LogP contribution in [0, 0.1) is 0 Å². The van der Waals surface area contributed by atoms with Gasteiger partial charge in [0.15, 0.2) is 0 Å². The maximum absolute atomic E-state index is 11.5. The minimum Gasteiger partial charge on any atom is -0.462 e. The van der Waals surface area contributed by atoms with E-state index in [2.05, 4.69) is 10.2 Å². The van der Waals surface area contributed by atoms with Crippen LogP contribution in [0.5, 0.6) is 0 Å². The molecule has 0 radical (unpaired) electrons. The summed E-state index contributed by atoms with van der Waals surface area (Å²) in [6.45, 7) is 12.4. The molecule has 0 aromatic rings. The molecule has 1 amide bonds. The van der Waals surface area contributed by atoms with Crippen molar-refractivity contribution < 1.29 is 38.1 Å². The predicted octanol–water partition coefficient (Wildman–Crippen LogP) is 2.17. The Hall–Kier alpha value is -1.62. The van der Waals surface area contributed by atoms with Crippen LogP contribution in [0.4, 0.5) is 4.79 Å². The van der Waals surface area contributed by atoms with Gasteiger partial charge in [-0.25, -0.2) is 14.4 Å². The molecule has 0 aromatic carbocycles. The normalized spacial score (nSPS) is 14.9. The first kappa shape index (κ1) is 30.6. The smallest absolute Gasteiger partial charge is 0.408 e. The van der Waals surface area contributed by atoms with Gasteiger partial charge in [-0.2, -0.15) is 0 Å². The molecule has 11 heteroatoms. The Morgan fingerprint density at radius 1 is 0.833 bits per heavy atom. The lowest BCUT2D eigenvalue weighted by Crippen LogP contribution is -2.42. The zero-order chi connectivity index (χ0) is 23.9. The molecule has 0 aliphatic carbocycles. The Morgan fingerprint density at radius 3 is 1.57 bits per heavy atom. The number of amides is 1. The number of hydrogen-bond donors (Lipinski definition) is 2. The van der Waals surface area contributed by atoms with Crippen LogP contribution in [-0.4, -0.2) is 75.4 Å². The maximum Gasteiger partial charge on any atom is 0.408 e. The van der Waals surface area contributed by atoms with E-state index >= 15 is 0 Å². The summed E-state index contributed by atoms with van der Waals surface area (Å²) in [7, 11) is 3.09. The van der Waals surface area contributed by atoms with Gasteiger partial charge in [0.25, 0.3) is 0 Å². The van der Waals surface area contributed by atoms with Crippen molar-refractivity contribution in [3.05, 3.63) is 0 Å². The van der Waals surface area contributed by atoms with E-state index < -0.39 is 29.7 Å². The standard InChI is InChI=1S/C12H23NO5.C7H14ClNO3/c1-8(16-6)7-17-10(14)9(2)13-11(15)18-12(3,4)5;1-5(11-3)4-12-7(10)6(2)9-8/h8-9H,7H2,1-6H3,(H,13,15);5-6,9H,4H2,1-3H3/t8-,9-;5-,6-/m00/s1. The van der Waals surface area contributed by atoms with E-state index in [1.54, 1.807) is 41.7 Å². The molecule has 0 unspecified atom stereocenters. The number of esters is 2. The van der Waals surface area contributed by atoms with Crippen molar-refractivity contribution in [3.8, 4) is 0 Å². The topological polar surface area (TPSA) is 121 Å². The van der Waals surface area contributed by atoms with E-state index in [9.17, 15) is 14.4 Å². The van der Waals surface area contributed by atoms with Crippen molar-refractivity contribution in [2.45, 2.75) is 78.4 Å². The number of carbonyl (C=O) groups is 3. The lowest BCUT2D eigenvalue weighted by molar-refractivity contribution is -0.149. The average Bonchev–Trinajstić information content (AvgIpc) is 2.67. The summed E-state index contributed by atoms with van der Waals surface area (Å²) in [6.07, 6.45) is -0.911. The number of methoxy groups -OCH3 is 2. The highest BCUT2D eigenvalue weighted by Crippen LogP contribution is 2.07. The lowest BCUT2D eigenvalue weighted by Gasteiger charge is -2.21. The fourth-order valence-electron chi connectivity index (χ4n) is 1.37. The SMILES string of the molecule is CO[C@@H](C)COC(=O)[C@H](C)NC(=O)OC(C)(C)C.CO[C@@H](C)COC(=O)[C@H](C)NCl. The van der Waals surface area contributed by atoms with Crippen LogP contribution in [0.3, 0.4) is 0 Å². The van der Waals surface area contributed by atoms with E-state index in [1.807, 2.05) is 6.92 Å². The zero-order valence-corrected chi connectivity index (χ0v) is 20.1. The van der Waals surface area contributed by atoms with Crippen molar-refractivity contribution in [3.63, 3.8) is 0 Å². The summed E-state index contributed by atoms with van der Waals surface area (Å²) in [4.78, 5) is 36.2. The maximum atomic E-state index is 11.5. The van der Waals surface area contributed by atoms with Gasteiger partial charge in [-0.05, 0) is 60.2 Å². The quantitative estimate of drug-likeness (QED) is 0.289. The van der Waals surface area contributed by atoms with Crippen LogP contribution in [0.25, 0.3) is 0 Å². The van der Waals surface area contributed by atoms with Gasteiger partial charge >= 0.3 is 18.0 Å². The number of halogens is 1. The Labute approximate surface area is 184 Å². The van der Waals surface area contributed by atoms with Gasteiger partial charge in [0.1, 0.15) is 30.9 Å². The number of ether oxygens (including phenoxy) is 5. The Balaban J connectivity index is 0. The van der Waals surface area contributed by atoms with Gasteiger partial charge < -0.3 is 29.0 Å². The fourth-order valence-corrected chi connectivity index (χ4v) is 1.46. The molecule has 0 bridgehead atoms. The molecule has 0 saturated carbocycles. The molecule has 10 nitrogen and oxygen atoms in total. The third-order valence-electron chi connectivity index (χ3n) is 3.33. The zero-order valence-electron chi connectivity index (χ0n) is 19.4. The second-order valence-corrected chi connectivity index (χ2v) is 7.77. The van der Waals surface area contributed by atoms with Crippen LogP contribution < -0.4 is 10.2 Å². The van der Waals surface area contributed by atoms with Crippen molar-refractivity contribution in [1.29, 1.82) is 0 Å². The minimum absolute atomic E-state index is 0.0866. The second kappa shape index (κ2) is 16.1. The highest BCUT2D eigenvalue weighted by atomic mass is 35.5. The van der Waals surface area contributed by atoms with E-state index in [4.69, 9.17) is 35.5 Å². The molecule has 0 saturated heterocycles.